The van der Waals surface area contributed by atoms with Gasteiger partial charge in [0.15, 0.2) is 0 Å². The normalized spacial score (nSPS) is 27.2. The average molecular weight is 261 g/mol. The van der Waals surface area contributed by atoms with Crippen LogP contribution < -0.4 is 10.1 Å². The molecule has 1 aromatic carbocycles. The highest BCUT2D eigenvalue weighted by Gasteiger charge is 2.24. The predicted octanol–water partition coefficient (Wildman–Crippen LogP) is 3.65. The minimum atomic E-state index is 0.717. The Labute approximate surface area is 117 Å². The second-order valence-corrected chi connectivity index (χ2v) is 6.05. The van der Waals surface area contributed by atoms with Crippen LogP contribution in [0.15, 0.2) is 24.3 Å². The molecule has 106 valence electrons. The lowest BCUT2D eigenvalue weighted by Crippen LogP contribution is -2.39. The van der Waals surface area contributed by atoms with Crippen molar-refractivity contribution in [2.45, 2.75) is 45.6 Å². The molecule has 1 fully saturated rings. The maximum Gasteiger partial charge on any atom is 0.118 e. The van der Waals surface area contributed by atoms with Crippen LogP contribution >= 0.6 is 0 Å². The highest BCUT2D eigenvalue weighted by molar-refractivity contribution is 5.27. The Kier molecular flexibility index (Phi) is 5.26. The van der Waals surface area contributed by atoms with Crippen molar-refractivity contribution in [3.63, 3.8) is 0 Å². The van der Waals surface area contributed by atoms with Gasteiger partial charge in [0.05, 0.1) is 7.11 Å². The summed E-state index contributed by atoms with van der Waals surface area (Å²) in [5.74, 6) is 2.67. The second kappa shape index (κ2) is 6.95. The molecule has 0 bridgehead atoms. The van der Waals surface area contributed by atoms with E-state index in [0.717, 1.165) is 36.6 Å². The van der Waals surface area contributed by atoms with Gasteiger partial charge in [-0.2, -0.15) is 0 Å². The quantitative estimate of drug-likeness (QED) is 0.873. The van der Waals surface area contributed by atoms with Crippen molar-refractivity contribution in [2.75, 3.05) is 13.7 Å². The largest absolute Gasteiger partial charge is 0.497 e. The first-order valence-electron chi connectivity index (χ1n) is 7.55. The van der Waals surface area contributed by atoms with Crippen molar-refractivity contribution < 1.29 is 4.74 Å². The fourth-order valence-electron chi connectivity index (χ4n) is 3.16. The van der Waals surface area contributed by atoms with Crippen molar-refractivity contribution in [2.24, 2.45) is 11.8 Å². The highest BCUT2D eigenvalue weighted by Crippen LogP contribution is 2.28. The Balaban J connectivity index is 1.73. The van der Waals surface area contributed by atoms with Crippen LogP contribution in [0.25, 0.3) is 0 Å². The van der Waals surface area contributed by atoms with Crippen molar-refractivity contribution in [3.8, 4) is 5.75 Å². The lowest BCUT2D eigenvalue weighted by atomic mass is 9.80. The number of nitrogens with one attached hydrogen (secondary N) is 1. The molecule has 0 spiro atoms. The van der Waals surface area contributed by atoms with Gasteiger partial charge in [0.25, 0.3) is 0 Å². The molecule has 3 atom stereocenters. The van der Waals surface area contributed by atoms with Gasteiger partial charge in [0, 0.05) is 6.04 Å². The Morgan fingerprint density at radius 2 is 1.89 bits per heavy atom. The van der Waals surface area contributed by atoms with Crippen molar-refractivity contribution >= 4 is 0 Å². The first-order valence-corrected chi connectivity index (χ1v) is 7.55. The minimum absolute atomic E-state index is 0.717. The SMILES string of the molecule is COc1ccc(CCNC2CCC(C)CC2C)cc1. The molecule has 2 heteroatoms. The topological polar surface area (TPSA) is 21.3 Å². The number of hydrogen-bond donors (Lipinski definition) is 1. The summed E-state index contributed by atoms with van der Waals surface area (Å²) in [7, 11) is 1.71. The molecule has 0 amide bonds. The van der Waals surface area contributed by atoms with Gasteiger partial charge in [0.2, 0.25) is 0 Å². The summed E-state index contributed by atoms with van der Waals surface area (Å²) >= 11 is 0. The standard InChI is InChI=1S/C17H27NO/c1-13-4-9-17(14(2)12-13)18-11-10-15-5-7-16(19-3)8-6-15/h5-8,13-14,17-18H,4,9-12H2,1-3H3. The molecule has 19 heavy (non-hydrogen) atoms. The van der Waals surface area contributed by atoms with Crippen LogP contribution in [-0.4, -0.2) is 19.7 Å². The summed E-state index contributed by atoms with van der Waals surface area (Å²) in [5.41, 5.74) is 1.38. The van der Waals surface area contributed by atoms with Crippen LogP contribution in [0.1, 0.15) is 38.7 Å². The summed E-state index contributed by atoms with van der Waals surface area (Å²) in [5, 5.41) is 3.74. The van der Waals surface area contributed by atoms with Gasteiger partial charge >= 0.3 is 0 Å². The first kappa shape index (κ1) is 14.4. The van der Waals surface area contributed by atoms with Gasteiger partial charge < -0.3 is 10.1 Å². The van der Waals surface area contributed by atoms with Gasteiger partial charge in [-0.25, -0.2) is 0 Å². The molecule has 2 nitrogen and oxygen atoms in total. The predicted molar refractivity (Wildman–Crippen MR) is 80.7 cm³/mol. The van der Waals surface area contributed by atoms with Gasteiger partial charge in [0.1, 0.15) is 5.75 Å². The summed E-state index contributed by atoms with van der Waals surface area (Å²) < 4.78 is 5.18. The second-order valence-electron chi connectivity index (χ2n) is 6.05. The van der Waals surface area contributed by atoms with Crippen LogP contribution in [-0.2, 0) is 6.42 Å². The number of rotatable bonds is 5. The van der Waals surface area contributed by atoms with E-state index >= 15 is 0 Å². The van der Waals surface area contributed by atoms with Gasteiger partial charge in [-0.05, 0) is 61.8 Å². The van der Waals surface area contributed by atoms with E-state index in [0.29, 0.717) is 0 Å². The van der Waals surface area contributed by atoms with Gasteiger partial charge in [-0.15, -0.1) is 0 Å². The molecule has 1 aromatic rings. The van der Waals surface area contributed by atoms with E-state index < -0.39 is 0 Å². The van der Waals surface area contributed by atoms with Crippen molar-refractivity contribution in [1.82, 2.24) is 5.32 Å². The van der Waals surface area contributed by atoms with E-state index in [-0.39, 0.29) is 0 Å². The van der Waals surface area contributed by atoms with E-state index in [4.69, 9.17) is 4.74 Å². The maximum atomic E-state index is 5.18. The number of hydrogen-bond acceptors (Lipinski definition) is 2. The van der Waals surface area contributed by atoms with Crippen LogP contribution in [0.4, 0.5) is 0 Å². The van der Waals surface area contributed by atoms with Crippen LogP contribution in [0.3, 0.4) is 0 Å². The van der Waals surface area contributed by atoms with E-state index in [1.54, 1.807) is 7.11 Å². The zero-order valence-electron chi connectivity index (χ0n) is 12.5. The molecule has 2 rings (SSSR count). The van der Waals surface area contributed by atoms with E-state index in [1.165, 1.54) is 24.8 Å². The fourth-order valence-corrected chi connectivity index (χ4v) is 3.16. The van der Waals surface area contributed by atoms with Gasteiger partial charge in [-0.3, -0.25) is 0 Å². The first-order chi connectivity index (χ1) is 9.19. The van der Waals surface area contributed by atoms with Crippen molar-refractivity contribution in [1.29, 1.82) is 0 Å². The Morgan fingerprint density at radius 3 is 2.53 bits per heavy atom. The molecular weight excluding hydrogens is 234 g/mol. The number of methoxy groups -OCH3 is 1. The Hall–Kier alpha value is -1.02. The zero-order valence-corrected chi connectivity index (χ0v) is 12.5. The van der Waals surface area contributed by atoms with E-state index in [1.807, 2.05) is 12.1 Å². The minimum Gasteiger partial charge on any atom is -0.497 e. The fraction of sp³-hybridized carbons (Fsp3) is 0.647. The Bertz CT molecular complexity index is 373. The lowest BCUT2D eigenvalue weighted by molar-refractivity contribution is 0.229. The molecule has 0 aromatic heterocycles. The third-order valence-electron chi connectivity index (χ3n) is 4.41. The number of benzene rings is 1. The molecule has 0 heterocycles. The monoisotopic (exact) mass is 261 g/mol. The van der Waals surface area contributed by atoms with Crippen LogP contribution in [0, 0.1) is 11.8 Å². The average Bonchev–Trinajstić information content (AvgIpc) is 2.42. The summed E-state index contributed by atoms with van der Waals surface area (Å²) in [6, 6.07) is 9.12. The summed E-state index contributed by atoms with van der Waals surface area (Å²) in [4.78, 5) is 0. The van der Waals surface area contributed by atoms with E-state index in [2.05, 4.69) is 31.3 Å². The molecule has 1 saturated carbocycles. The summed E-state index contributed by atoms with van der Waals surface area (Å²) in [6.07, 6.45) is 5.19. The molecule has 3 unspecified atom stereocenters. The molecular formula is C17H27NO. The van der Waals surface area contributed by atoms with E-state index in [9.17, 15) is 0 Å². The van der Waals surface area contributed by atoms with Crippen molar-refractivity contribution in [3.05, 3.63) is 29.8 Å². The molecule has 1 aliphatic rings. The maximum absolute atomic E-state index is 5.18. The van der Waals surface area contributed by atoms with Crippen LogP contribution in [0.5, 0.6) is 5.75 Å². The Morgan fingerprint density at radius 1 is 1.16 bits per heavy atom. The zero-order chi connectivity index (χ0) is 13.7. The third-order valence-corrected chi connectivity index (χ3v) is 4.41. The third kappa shape index (κ3) is 4.24. The summed E-state index contributed by atoms with van der Waals surface area (Å²) in [6.45, 7) is 5.85. The molecule has 1 aliphatic carbocycles. The van der Waals surface area contributed by atoms with Crippen LogP contribution in [0.2, 0.25) is 0 Å². The lowest BCUT2D eigenvalue weighted by Gasteiger charge is -2.33. The number of ether oxygens (including phenoxy) is 1. The molecule has 1 N–H and O–H groups in total. The van der Waals surface area contributed by atoms with Gasteiger partial charge in [-0.1, -0.05) is 26.0 Å². The molecule has 0 saturated heterocycles. The highest BCUT2D eigenvalue weighted by atomic mass is 16.5. The smallest absolute Gasteiger partial charge is 0.118 e. The molecule has 0 radical (unpaired) electrons. The molecule has 0 aliphatic heterocycles.